The molecule has 1 saturated carbocycles. The van der Waals surface area contributed by atoms with Crippen molar-refractivity contribution in [3.63, 3.8) is 0 Å². The molecule has 15 heavy (non-hydrogen) atoms. The van der Waals surface area contributed by atoms with Gasteiger partial charge in [0.05, 0.1) is 0 Å². The van der Waals surface area contributed by atoms with E-state index < -0.39 is 0 Å². The van der Waals surface area contributed by atoms with Crippen LogP contribution in [0.5, 0.6) is 0 Å². The molecule has 3 atom stereocenters. The van der Waals surface area contributed by atoms with Gasteiger partial charge in [-0.1, -0.05) is 32.4 Å². The number of hydrogen-bond donors (Lipinski definition) is 2. The van der Waals surface area contributed by atoms with Crippen molar-refractivity contribution < 1.29 is 0 Å². The molecule has 88 valence electrons. The highest BCUT2D eigenvalue weighted by Crippen LogP contribution is 2.36. The van der Waals surface area contributed by atoms with E-state index in [1.54, 1.807) is 0 Å². The molecule has 0 radical (unpaired) electrons. The van der Waals surface area contributed by atoms with Crippen molar-refractivity contribution in [1.82, 2.24) is 5.32 Å². The van der Waals surface area contributed by atoms with Gasteiger partial charge in [0, 0.05) is 18.6 Å². The third-order valence-corrected chi connectivity index (χ3v) is 3.85. The molecular weight excluding hydrogens is 184 g/mol. The van der Waals surface area contributed by atoms with Gasteiger partial charge in [-0.05, 0) is 31.6 Å². The average molecular weight is 210 g/mol. The molecule has 0 bridgehead atoms. The van der Waals surface area contributed by atoms with Crippen LogP contribution in [0.25, 0.3) is 0 Å². The summed E-state index contributed by atoms with van der Waals surface area (Å²) in [6.45, 7) is 12.3. The Morgan fingerprint density at radius 2 is 2.13 bits per heavy atom. The van der Waals surface area contributed by atoms with Gasteiger partial charge in [0.1, 0.15) is 0 Å². The summed E-state index contributed by atoms with van der Waals surface area (Å²) in [6, 6.07) is 0. The number of hydrogen-bond acceptors (Lipinski definition) is 2. The summed E-state index contributed by atoms with van der Waals surface area (Å²) in [5.41, 5.74) is 7.32. The van der Waals surface area contributed by atoms with Crippen LogP contribution in [0, 0.1) is 11.8 Å². The minimum absolute atomic E-state index is 0.149. The van der Waals surface area contributed by atoms with Gasteiger partial charge in [0.2, 0.25) is 0 Å². The Hall–Kier alpha value is -0.340. The molecule has 1 fully saturated rings. The van der Waals surface area contributed by atoms with Crippen LogP contribution in [0.15, 0.2) is 12.2 Å². The Kier molecular flexibility index (Phi) is 4.35. The second-order valence-corrected chi connectivity index (χ2v) is 5.46. The zero-order valence-electron chi connectivity index (χ0n) is 10.5. The molecule has 0 heterocycles. The highest BCUT2D eigenvalue weighted by Gasteiger charge is 2.38. The fourth-order valence-electron chi connectivity index (χ4n) is 2.67. The summed E-state index contributed by atoms with van der Waals surface area (Å²) in [5, 5.41) is 3.64. The fraction of sp³-hybridized carbons (Fsp3) is 0.846. The van der Waals surface area contributed by atoms with Gasteiger partial charge in [-0.2, -0.15) is 0 Å². The van der Waals surface area contributed by atoms with Crippen LogP contribution in [0.1, 0.15) is 40.0 Å². The molecule has 0 aromatic carbocycles. The van der Waals surface area contributed by atoms with E-state index in [4.69, 9.17) is 5.73 Å². The van der Waals surface area contributed by atoms with Crippen LogP contribution >= 0.6 is 0 Å². The molecule has 0 aromatic rings. The van der Waals surface area contributed by atoms with Crippen LogP contribution in [0.2, 0.25) is 0 Å². The van der Waals surface area contributed by atoms with E-state index in [0.717, 1.165) is 19.0 Å². The molecule has 0 spiro atoms. The van der Waals surface area contributed by atoms with E-state index in [2.05, 4.69) is 32.7 Å². The summed E-state index contributed by atoms with van der Waals surface area (Å²) < 4.78 is 0. The van der Waals surface area contributed by atoms with Crippen molar-refractivity contribution in [2.75, 3.05) is 13.1 Å². The van der Waals surface area contributed by atoms with E-state index in [1.165, 1.54) is 24.8 Å². The van der Waals surface area contributed by atoms with Gasteiger partial charge in [0.15, 0.2) is 0 Å². The van der Waals surface area contributed by atoms with E-state index in [9.17, 15) is 0 Å². The van der Waals surface area contributed by atoms with Crippen molar-refractivity contribution in [2.45, 2.75) is 45.6 Å². The van der Waals surface area contributed by atoms with Gasteiger partial charge in [0.25, 0.3) is 0 Å². The molecule has 2 nitrogen and oxygen atoms in total. The highest BCUT2D eigenvalue weighted by atomic mass is 15.0. The first-order valence-electron chi connectivity index (χ1n) is 6.09. The van der Waals surface area contributed by atoms with E-state index in [-0.39, 0.29) is 5.54 Å². The first kappa shape index (κ1) is 12.7. The zero-order valence-corrected chi connectivity index (χ0v) is 10.5. The summed E-state index contributed by atoms with van der Waals surface area (Å²) >= 11 is 0. The Labute approximate surface area is 94.3 Å². The van der Waals surface area contributed by atoms with Crippen LogP contribution in [-0.2, 0) is 0 Å². The third kappa shape index (κ3) is 3.05. The lowest BCUT2D eigenvalue weighted by Crippen LogP contribution is -2.58. The predicted molar refractivity (Wildman–Crippen MR) is 66.8 cm³/mol. The monoisotopic (exact) mass is 210 g/mol. The molecule has 0 amide bonds. The largest absolute Gasteiger partial charge is 0.329 e. The Bertz CT molecular complexity index is 225. The maximum Gasteiger partial charge on any atom is 0.0335 e. The van der Waals surface area contributed by atoms with Gasteiger partial charge in [-0.15, -0.1) is 0 Å². The van der Waals surface area contributed by atoms with Crippen LogP contribution in [-0.4, -0.2) is 18.6 Å². The third-order valence-electron chi connectivity index (χ3n) is 3.85. The topological polar surface area (TPSA) is 38.0 Å². The summed E-state index contributed by atoms with van der Waals surface area (Å²) in [5.74, 6) is 1.47. The fourth-order valence-corrected chi connectivity index (χ4v) is 2.67. The molecular formula is C13H26N2. The second kappa shape index (κ2) is 5.13. The van der Waals surface area contributed by atoms with E-state index in [0.29, 0.717) is 5.92 Å². The standard InChI is InChI=1S/C13H26N2/c1-10(2)8-15-13(9-14)7-11(3)5-6-12(13)4/h11-12,15H,1,5-9,14H2,2-4H3. The quantitative estimate of drug-likeness (QED) is 0.699. The minimum Gasteiger partial charge on any atom is -0.329 e. The number of rotatable bonds is 4. The van der Waals surface area contributed by atoms with Crippen LogP contribution in [0.3, 0.4) is 0 Å². The molecule has 1 aliphatic rings. The predicted octanol–water partition coefficient (Wildman–Crippen LogP) is 2.31. The van der Waals surface area contributed by atoms with Crippen molar-refractivity contribution in [3.05, 3.63) is 12.2 Å². The van der Waals surface area contributed by atoms with Gasteiger partial charge in [-0.25, -0.2) is 0 Å². The second-order valence-electron chi connectivity index (χ2n) is 5.46. The molecule has 0 aromatic heterocycles. The summed E-state index contributed by atoms with van der Waals surface area (Å²) in [6.07, 6.45) is 3.84. The van der Waals surface area contributed by atoms with Crippen LogP contribution in [0.4, 0.5) is 0 Å². The van der Waals surface area contributed by atoms with Gasteiger partial charge in [-0.3, -0.25) is 0 Å². The minimum atomic E-state index is 0.149. The Morgan fingerprint density at radius 3 is 2.67 bits per heavy atom. The van der Waals surface area contributed by atoms with E-state index in [1.807, 2.05) is 0 Å². The van der Waals surface area contributed by atoms with Crippen LogP contribution < -0.4 is 11.1 Å². The maximum atomic E-state index is 5.98. The van der Waals surface area contributed by atoms with Crippen molar-refractivity contribution >= 4 is 0 Å². The summed E-state index contributed by atoms with van der Waals surface area (Å²) in [7, 11) is 0. The summed E-state index contributed by atoms with van der Waals surface area (Å²) in [4.78, 5) is 0. The molecule has 0 saturated heterocycles. The first-order chi connectivity index (χ1) is 7.00. The van der Waals surface area contributed by atoms with Crippen molar-refractivity contribution in [1.29, 1.82) is 0 Å². The molecule has 0 aliphatic heterocycles. The lowest BCUT2D eigenvalue weighted by Gasteiger charge is -2.45. The molecule has 1 aliphatic carbocycles. The Morgan fingerprint density at radius 1 is 1.47 bits per heavy atom. The molecule has 2 heteroatoms. The lowest BCUT2D eigenvalue weighted by molar-refractivity contribution is 0.130. The maximum absolute atomic E-state index is 5.98. The normalized spacial score (nSPS) is 36.5. The first-order valence-corrected chi connectivity index (χ1v) is 6.09. The van der Waals surface area contributed by atoms with Gasteiger partial charge >= 0.3 is 0 Å². The van der Waals surface area contributed by atoms with Gasteiger partial charge < -0.3 is 11.1 Å². The molecule has 3 N–H and O–H groups in total. The SMILES string of the molecule is C=C(C)CNC1(CN)CC(C)CCC1C. The average Bonchev–Trinajstić information content (AvgIpc) is 2.19. The van der Waals surface area contributed by atoms with E-state index >= 15 is 0 Å². The number of nitrogens with two attached hydrogens (primary N) is 1. The number of nitrogens with one attached hydrogen (secondary N) is 1. The highest BCUT2D eigenvalue weighted by molar-refractivity contribution is 5.02. The smallest absolute Gasteiger partial charge is 0.0335 e. The Balaban J connectivity index is 2.66. The molecule has 1 rings (SSSR count). The molecule has 3 unspecified atom stereocenters. The lowest BCUT2D eigenvalue weighted by atomic mass is 9.69. The van der Waals surface area contributed by atoms with Crippen molar-refractivity contribution in [3.8, 4) is 0 Å². The van der Waals surface area contributed by atoms with Crippen molar-refractivity contribution in [2.24, 2.45) is 17.6 Å². The zero-order chi connectivity index (χ0) is 11.5.